The van der Waals surface area contributed by atoms with Crippen molar-refractivity contribution in [1.82, 2.24) is 9.62 Å². The van der Waals surface area contributed by atoms with Crippen LogP contribution in [-0.4, -0.2) is 43.8 Å². The average molecular weight is 643 g/mol. The largest absolute Gasteiger partial charge is 0.370 e. The van der Waals surface area contributed by atoms with E-state index in [9.17, 15) is 18.0 Å². The second-order valence-corrected chi connectivity index (χ2v) is 14.6. The topological polar surface area (TPSA) is 119 Å². The number of ether oxygens (including phenoxy) is 1. The van der Waals surface area contributed by atoms with Crippen LogP contribution in [0.15, 0.2) is 78.9 Å². The minimum atomic E-state index is -3.78. The minimum Gasteiger partial charge on any atom is -0.370 e. The van der Waals surface area contributed by atoms with Gasteiger partial charge in [0.15, 0.2) is 0 Å². The van der Waals surface area contributed by atoms with Gasteiger partial charge in [-0.15, -0.1) is 0 Å². The Morgan fingerprint density at radius 3 is 2.28 bits per heavy atom. The van der Waals surface area contributed by atoms with Crippen molar-refractivity contribution in [3.8, 4) is 0 Å². The minimum absolute atomic E-state index is 0.0307. The van der Waals surface area contributed by atoms with Crippen molar-refractivity contribution in [3.63, 3.8) is 0 Å². The molecule has 3 fully saturated rings. The van der Waals surface area contributed by atoms with Crippen molar-refractivity contribution in [1.29, 1.82) is 0 Å². The summed E-state index contributed by atoms with van der Waals surface area (Å²) in [6.45, 7) is 0.0307. The number of benzene rings is 3. The monoisotopic (exact) mass is 641 g/mol. The van der Waals surface area contributed by atoms with Gasteiger partial charge in [-0.05, 0) is 72.6 Å². The summed E-state index contributed by atoms with van der Waals surface area (Å²) < 4.78 is 35.9. The summed E-state index contributed by atoms with van der Waals surface area (Å²) in [5.74, 6) is -1.01. The van der Waals surface area contributed by atoms with E-state index >= 15 is 0 Å². The van der Waals surface area contributed by atoms with Crippen molar-refractivity contribution < 1.29 is 22.7 Å². The number of sulfonamides is 1. The Balaban J connectivity index is 1.40. The Labute approximate surface area is 261 Å². The number of halogens is 2. The van der Waals surface area contributed by atoms with E-state index in [4.69, 9.17) is 33.7 Å². The molecule has 2 saturated carbocycles. The van der Waals surface area contributed by atoms with E-state index in [1.807, 2.05) is 48.5 Å². The Morgan fingerprint density at radius 1 is 0.977 bits per heavy atom. The van der Waals surface area contributed by atoms with Crippen molar-refractivity contribution >= 4 is 45.0 Å². The smallest absolute Gasteiger partial charge is 0.253 e. The average Bonchev–Trinajstić information content (AvgIpc) is 3.90. The number of morpholine rings is 1. The van der Waals surface area contributed by atoms with Crippen LogP contribution in [0.4, 0.5) is 0 Å². The summed E-state index contributed by atoms with van der Waals surface area (Å²) in [6, 6.07) is 22.5. The molecule has 4 atom stereocenters. The molecule has 11 heteroatoms. The summed E-state index contributed by atoms with van der Waals surface area (Å²) in [7, 11) is -3.78. The molecule has 6 rings (SSSR count). The first-order chi connectivity index (χ1) is 20.6. The van der Waals surface area contributed by atoms with E-state index in [0.29, 0.717) is 22.9 Å². The number of amides is 2. The van der Waals surface area contributed by atoms with Gasteiger partial charge in [-0.3, -0.25) is 9.59 Å². The zero-order valence-electron chi connectivity index (χ0n) is 23.4. The third-order valence-corrected chi connectivity index (χ3v) is 11.4. The number of carbonyl (C=O) groups excluding carboxylic acids is 2. The number of rotatable bonds is 11. The van der Waals surface area contributed by atoms with E-state index in [1.54, 1.807) is 35.2 Å². The Hall–Kier alpha value is -2.95. The van der Waals surface area contributed by atoms with Crippen LogP contribution in [0.25, 0.3) is 0 Å². The molecule has 0 bridgehead atoms. The number of nitrogens with one attached hydrogen (secondary N) is 1. The summed E-state index contributed by atoms with van der Waals surface area (Å²) in [5.41, 5.74) is 7.80. The molecule has 8 nitrogen and oxygen atoms in total. The van der Waals surface area contributed by atoms with Gasteiger partial charge in [0.1, 0.15) is 17.0 Å². The van der Waals surface area contributed by atoms with Crippen molar-refractivity contribution in [3.05, 3.63) is 106 Å². The van der Waals surface area contributed by atoms with Crippen LogP contribution >= 0.6 is 23.2 Å². The SMILES string of the molecule is NC(=O)C[C@H]1O[C@H](c2cccc(Cl)c2)[C@@H](c2ccc(Cl)cc2)N([C@H](CNS(=O)(=O)C2(c3ccccc3)CC2)C2CC2)C1=O. The summed E-state index contributed by atoms with van der Waals surface area (Å²) in [6.07, 6.45) is 0.595. The van der Waals surface area contributed by atoms with Crippen LogP contribution in [0, 0.1) is 5.92 Å². The lowest BCUT2D eigenvalue weighted by Crippen LogP contribution is -2.58. The molecule has 226 valence electrons. The van der Waals surface area contributed by atoms with Crippen LogP contribution in [0.1, 0.15) is 60.9 Å². The van der Waals surface area contributed by atoms with Gasteiger partial charge in [0.25, 0.3) is 5.91 Å². The molecule has 0 spiro atoms. The third-order valence-electron chi connectivity index (χ3n) is 8.73. The maximum atomic E-state index is 14.2. The lowest BCUT2D eigenvalue weighted by atomic mass is 9.89. The Bertz CT molecular complexity index is 1610. The number of nitrogens with two attached hydrogens (primary N) is 1. The van der Waals surface area contributed by atoms with Gasteiger partial charge in [0.05, 0.1) is 12.5 Å². The highest BCUT2D eigenvalue weighted by molar-refractivity contribution is 7.90. The molecule has 1 aliphatic heterocycles. The molecule has 2 amide bonds. The highest BCUT2D eigenvalue weighted by Gasteiger charge is 2.57. The molecule has 3 aromatic rings. The second-order valence-electron chi connectivity index (χ2n) is 11.6. The molecule has 1 heterocycles. The predicted molar refractivity (Wildman–Crippen MR) is 165 cm³/mol. The summed E-state index contributed by atoms with van der Waals surface area (Å²) >= 11 is 12.6. The van der Waals surface area contributed by atoms with E-state index in [1.165, 1.54) is 0 Å². The summed E-state index contributed by atoms with van der Waals surface area (Å²) in [4.78, 5) is 28.1. The number of hydrogen-bond donors (Lipinski definition) is 2. The fourth-order valence-electron chi connectivity index (χ4n) is 6.26. The highest BCUT2D eigenvalue weighted by atomic mass is 35.5. The predicted octanol–water partition coefficient (Wildman–Crippen LogP) is 5.27. The fraction of sp³-hybridized carbons (Fsp3) is 0.375. The molecule has 43 heavy (non-hydrogen) atoms. The van der Waals surface area contributed by atoms with Gasteiger partial charge < -0.3 is 15.4 Å². The van der Waals surface area contributed by atoms with Gasteiger partial charge >= 0.3 is 0 Å². The van der Waals surface area contributed by atoms with Gasteiger partial charge in [0.2, 0.25) is 15.9 Å². The second kappa shape index (κ2) is 11.9. The normalized spacial score (nSPS) is 24.0. The molecular weight excluding hydrogens is 609 g/mol. The van der Waals surface area contributed by atoms with E-state index in [2.05, 4.69) is 4.72 Å². The van der Waals surface area contributed by atoms with E-state index in [0.717, 1.165) is 29.5 Å². The van der Waals surface area contributed by atoms with Crippen LogP contribution in [0.3, 0.4) is 0 Å². The van der Waals surface area contributed by atoms with Gasteiger partial charge in [-0.2, -0.15) is 0 Å². The highest BCUT2D eigenvalue weighted by Crippen LogP contribution is 2.53. The number of primary amides is 1. The molecule has 0 unspecified atom stereocenters. The number of hydrogen-bond acceptors (Lipinski definition) is 5. The van der Waals surface area contributed by atoms with Gasteiger partial charge in [0, 0.05) is 22.6 Å². The van der Waals surface area contributed by atoms with Crippen molar-refractivity contribution in [2.24, 2.45) is 11.7 Å². The van der Waals surface area contributed by atoms with Crippen LogP contribution in [-0.2, 0) is 29.1 Å². The van der Waals surface area contributed by atoms with Gasteiger partial charge in [-0.25, -0.2) is 13.1 Å². The molecule has 3 aliphatic rings. The first kappa shape index (κ1) is 30.1. The van der Waals surface area contributed by atoms with Crippen molar-refractivity contribution in [2.75, 3.05) is 6.54 Å². The van der Waals surface area contributed by atoms with E-state index in [-0.39, 0.29) is 18.9 Å². The lowest BCUT2D eigenvalue weighted by molar-refractivity contribution is -0.181. The number of nitrogens with zero attached hydrogens (tertiary/aromatic N) is 1. The van der Waals surface area contributed by atoms with E-state index < -0.39 is 50.9 Å². The third kappa shape index (κ3) is 6.06. The molecule has 0 radical (unpaired) electrons. The Morgan fingerprint density at radius 2 is 1.67 bits per heavy atom. The Kier molecular flexibility index (Phi) is 8.30. The maximum absolute atomic E-state index is 14.2. The quantitative estimate of drug-likeness (QED) is 0.296. The van der Waals surface area contributed by atoms with Crippen LogP contribution in [0.5, 0.6) is 0 Å². The molecule has 1 saturated heterocycles. The molecule has 2 aliphatic carbocycles. The zero-order chi connectivity index (χ0) is 30.4. The molecule has 3 N–H and O–H groups in total. The number of carbonyl (C=O) groups is 2. The standard InChI is InChI=1S/C32H33Cl2N3O5S/c33-24-13-11-21(12-14-24)29-30(22-5-4-8-25(34)17-22)42-27(18-28(35)38)31(39)37(29)26(20-9-10-20)19-36-43(40,41)32(15-16-32)23-6-2-1-3-7-23/h1-8,11-14,17,20,26-27,29-30,36H,9-10,15-16,18-19H2,(H2,35,38)/t26-,27-,29-,30-/m1/s1. The fourth-order valence-corrected chi connectivity index (χ4v) is 8.34. The van der Waals surface area contributed by atoms with Gasteiger partial charge in [-0.1, -0.05) is 77.8 Å². The summed E-state index contributed by atoms with van der Waals surface area (Å²) in [5, 5.41) is 1.03. The molecule has 0 aromatic heterocycles. The van der Waals surface area contributed by atoms with Crippen LogP contribution < -0.4 is 10.5 Å². The molecular formula is C32H33Cl2N3O5S. The first-order valence-corrected chi connectivity index (χ1v) is 16.7. The maximum Gasteiger partial charge on any atom is 0.253 e. The lowest BCUT2D eigenvalue weighted by Gasteiger charge is -2.48. The zero-order valence-corrected chi connectivity index (χ0v) is 25.7. The van der Waals surface area contributed by atoms with Crippen molar-refractivity contribution in [2.45, 2.75) is 61.1 Å². The molecule has 3 aromatic carbocycles. The van der Waals surface area contributed by atoms with Crippen LogP contribution in [0.2, 0.25) is 10.0 Å². The first-order valence-electron chi connectivity index (χ1n) is 14.4.